The Morgan fingerprint density at radius 3 is 2.79 bits per heavy atom. The summed E-state index contributed by atoms with van der Waals surface area (Å²) in [5.41, 5.74) is -0.183. The number of carbonyl (C=O) groups is 1. The Morgan fingerprint density at radius 1 is 1.53 bits per heavy atom. The Bertz CT molecular complexity index is 434. The number of aliphatic hydroxyl groups excluding tert-OH is 1. The zero-order valence-corrected chi connectivity index (χ0v) is 11.2. The third kappa shape index (κ3) is 2.78. The second kappa shape index (κ2) is 5.69. The molecule has 0 aromatic heterocycles. The molecule has 5 nitrogen and oxygen atoms in total. The van der Waals surface area contributed by atoms with E-state index in [1.807, 2.05) is 30.3 Å². The highest BCUT2D eigenvalue weighted by molar-refractivity contribution is 5.80. The summed E-state index contributed by atoms with van der Waals surface area (Å²) in [6.07, 6.45) is -0.495. The zero-order chi connectivity index (χ0) is 13.9. The fourth-order valence-corrected chi connectivity index (χ4v) is 2.28. The lowest BCUT2D eigenvalue weighted by Crippen LogP contribution is -2.49. The van der Waals surface area contributed by atoms with Crippen LogP contribution in [-0.2, 0) is 20.9 Å². The van der Waals surface area contributed by atoms with E-state index in [1.54, 1.807) is 12.0 Å². The van der Waals surface area contributed by atoms with Gasteiger partial charge in [0.15, 0.2) is 0 Å². The van der Waals surface area contributed by atoms with Crippen LogP contribution in [0.5, 0.6) is 0 Å². The number of ether oxygens (including phenoxy) is 1. The molecule has 2 rings (SSSR count). The Morgan fingerprint density at radius 2 is 2.21 bits per heavy atom. The van der Waals surface area contributed by atoms with Crippen LogP contribution in [-0.4, -0.2) is 41.5 Å². The lowest BCUT2D eigenvalue weighted by molar-refractivity contribution is -0.236. The summed E-state index contributed by atoms with van der Waals surface area (Å²) >= 11 is 0. The molecule has 5 heteroatoms. The maximum Gasteiger partial charge on any atom is 0.343 e. The SMILES string of the molecule is COC(=O)[C@@]1([C@H](C)O)CCN(Cc2ccccc2)O1. The molecule has 0 aliphatic carbocycles. The summed E-state index contributed by atoms with van der Waals surface area (Å²) in [6, 6.07) is 9.83. The molecule has 1 aliphatic heterocycles. The summed E-state index contributed by atoms with van der Waals surface area (Å²) in [7, 11) is 1.30. The van der Waals surface area contributed by atoms with Crippen LogP contribution in [0, 0.1) is 0 Å². The van der Waals surface area contributed by atoms with Gasteiger partial charge in [-0.2, -0.15) is 5.06 Å². The van der Waals surface area contributed by atoms with Crippen LogP contribution < -0.4 is 0 Å². The van der Waals surface area contributed by atoms with Crippen LogP contribution in [0.2, 0.25) is 0 Å². The lowest BCUT2D eigenvalue weighted by Gasteiger charge is -2.28. The second-order valence-corrected chi connectivity index (χ2v) is 4.75. The topological polar surface area (TPSA) is 59.0 Å². The molecule has 1 aliphatic rings. The fourth-order valence-electron chi connectivity index (χ4n) is 2.28. The molecule has 2 atom stereocenters. The highest BCUT2D eigenvalue weighted by atomic mass is 16.7. The van der Waals surface area contributed by atoms with Crippen molar-refractivity contribution in [2.75, 3.05) is 13.7 Å². The Labute approximate surface area is 112 Å². The number of aliphatic hydroxyl groups is 1. The first-order chi connectivity index (χ1) is 9.08. The van der Waals surface area contributed by atoms with E-state index in [4.69, 9.17) is 9.57 Å². The van der Waals surface area contributed by atoms with E-state index < -0.39 is 17.7 Å². The molecule has 104 valence electrons. The first kappa shape index (κ1) is 14.0. The maximum atomic E-state index is 11.8. The van der Waals surface area contributed by atoms with E-state index in [0.29, 0.717) is 19.5 Å². The van der Waals surface area contributed by atoms with E-state index in [-0.39, 0.29) is 0 Å². The summed E-state index contributed by atoms with van der Waals surface area (Å²) < 4.78 is 4.75. The Kier molecular flexibility index (Phi) is 4.19. The average molecular weight is 265 g/mol. The van der Waals surface area contributed by atoms with E-state index in [1.165, 1.54) is 7.11 Å². The molecule has 1 aromatic carbocycles. The van der Waals surface area contributed by atoms with E-state index >= 15 is 0 Å². The molecule has 0 bridgehead atoms. The molecule has 1 N–H and O–H groups in total. The molecule has 1 heterocycles. The monoisotopic (exact) mass is 265 g/mol. The molecule has 19 heavy (non-hydrogen) atoms. The molecule has 0 radical (unpaired) electrons. The molecular weight excluding hydrogens is 246 g/mol. The normalized spacial score (nSPS) is 25.2. The van der Waals surface area contributed by atoms with Crippen molar-refractivity contribution in [1.82, 2.24) is 5.06 Å². The Balaban J connectivity index is 2.07. The highest BCUT2D eigenvalue weighted by Gasteiger charge is 2.51. The quantitative estimate of drug-likeness (QED) is 0.827. The van der Waals surface area contributed by atoms with Gasteiger partial charge in [0.05, 0.1) is 13.2 Å². The molecule has 0 spiro atoms. The van der Waals surface area contributed by atoms with Gasteiger partial charge in [-0.1, -0.05) is 30.3 Å². The molecule has 1 aromatic rings. The molecule has 1 saturated heterocycles. The van der Waals surface area contributed by atoms with Gasteiger partial charge in [-0.15, -0.1) is 0 Å². The lowest BCUT2D eigenvalue weighted by atomic mass is 9.95. The number of hydrogen-bond donors (Lipinski definition) is 1. The minimum absolute atomic E-state index is 0.421. The second-order valence-electron chi connectivity index (χ2n) is 4.75. The predicted octanol–water partition coefficient (Wildman–Crippen LogP) is 1.12. The van der Waals surface area contributed by atoms with Crippen molar-refractivity contribution in [1.29, 1.82) is 0 Å². The van der Waals surface area contributed by atoms with Crippen molar-refractivity contribution >= 4 is 5.97 Å². The minimum Gasteiger partial charge on any atom is -0.467 e. The summed E-state index contributed by atoms with van der Waals surface area (Å²) in [4.78, 5) is 17.5. The standard InChI is InChI=1S/C14H19NO4/c1-11(16)14(13(17)18-2)8-9-15(19-14)10-12-6-4-3-5-7-12/h3-7,11,16H,8-10H2,1-2H3/t11-,14-/m0/s1. The van der Waals surface area contributed by atoms with Gasteiger partial charge in [0.1, 0.15) is 0 Å². The van der Waals surface area contributed by atoms with Gasteiger partial charge in [-0.3, -0.25) is 4.84 Å². The number of hydrogen-bond acceptors (Lipinski definition) is 5. The third-order valence-electron chi connectivity index (χ3n) is 3.43. The predicted molar refractivity (Wildman–Crippen MR) is 69.0 cm³/mol. The van der Waals surface area contributed by atoms with Gasteiger partial charge < -0.3 is 9.84 Å². The van der Waals surface area contributed by atoms with Crippen molar-refractivity contribution < 1.29 is 19.5 Å². The van der Waals surface area contributed by atoms with Gasteiger partial charge in [0, 0.05) is 19.5 Å². The number of methoxy groups -OCH3 is 1. The van der Waals surface area contributed by atoms with E-state index in [0.717, 1.165) is 5.56 Å². The Hall–Kier alpha value is -1.43. The van der Waals surface area contributed by atoms with Gasteiger partial charge in [0.2, 0.25) is 5.60 Å². The van der Waals surface area contributed by atoms with Crippen LogP contribution in [0.1, 0.15) is 18.9 Å². The fraction of sp³-hybridized carbons (Fsp3) is 0.500. The summed E-state index contributed by atoms with van der Waals surface area (Å²) in [5.74, 6) is -0.530. The van der Waals surface area contributed by atoms with Gasteiger partial charge in [-0.25, -0.2) is 4.79 Å². The minimum atomic E-state index is -1.27. The largest absolute Gasteiger partial charge is 0.467 e. The summed E-state index contributed by atoms with van der Waals surface area (Å²) in [5, 5.41) is 11.5. The van der Waals surface area contributed by atoms with Gasteiger partial charge in [0.25, 0.3) is 0 Å². The van der Waals surface area contributed by atoms with Crippen LogP contribution in [0.4, 0.5) is 0 Å². The van der Waals surface area contributed by atoms with Crippen LogP contribution >= 0.6 is 0 Å². The van der Waals surface area contributed by atoms with Crippen molar-refractivity contribution in [2.45, 2.75) is 31.6 Å². The summed E-state index contributed by atoms with van der Waals surface area (Å²) in [6.45, 7) is 2.70. The number of rotatable bonds is 4. The molecule has 0 amide bonds. The van der Waals surface area contributed by atoms with Crippen LogP contribution in [0.25, 0.3) is 0 Å². The molecule has 0 unspecified atom stereocenters. The molecule has 1 fully saturated rings. The van der Waals surface area contributed by atoms with Crippen LogP contribution in [0.3, 0.4) is 0 Å². The van der Waals surface area contributed by atoms with E-state index in [2.05, 4.69) is 0 Å². The number of benzene rings is 1. The van der Waals surface area contributed by atoms with Crippen molar-refractivity contribution in [3.05, 3.63) is 35.9 Å². The van der Waals surface area contributed by atoms with Gasteiger partial charge in [-0.05, 0) is 12.5 Å². The highest BCUT2D eigenvalue weighted by Crippen LogP contribution is 2.31. The van der Waals surface area contributed by atoms with Crippen molar-refractivity contribution in [2.24, 2.45) is 0 Å². The number of esters is 1. The van der Waals surface area contributed by atoms with Crippen molar-refractivity contribution in [3.63, 3.8) is 0 Å². The van der Waals surface area contributed by atoms with Crippen LogP contribution in [0.15, 0.2) is 30.3 Å². The third-order valence-corrected chi connectivity index (χ3v) is 3.43. The average Bonchev–Trinajstić information content (AvgIpc) is 2.84. The van der Waals surface area contributed by atoms with Gasteiger partial charge >= 0.3 is 5.97 Å². The number of nitrogens with zero attached hydrogens (tertiary/aromatic N) is 1. The smallest absolute Gasteiger partial charge is 0.343 e. The number of hydroxylamine groups is 2. The number of carbonyl (C=O) groups excluding carboxylic acids is 1. The maximum absolute atomic E-state index is 11.8. The van der Waals surface area contributed by atoms with Crippen molar-refractivity contribution in [3.8, 4) is 0 Å². The first-order valence-electron chi connectivity index (χ1n) is 6.33. The zero-order valence-electron chi connectivity index (χ0n) is 11.2. The first-order valence-corrected chi connectivity index (χ1v) is 6.33. The molecule has 0 saturated carbocycles. The molecular formula is C14H19NO4. The van der Waals surface area contributed by atoms with E-state index in [9.17, 15) is 9.90 Å².